The maximum absolute atomic E-state index is 15.3. The molecule has 12 heteroatoms. The fraction of sp³-hybridized carbons (Fsp3) is 0.462. The third-order valence-electron chi connectivity index (χ3n) is 8.28. The van der Waals surface area contributed by atoms with Crippen LogP contribution in [0.4, 0.5) is 10.1 Å². The molecule has 0 bridgehead atoms. The molecule has 1 heterocycles. The number of benzene rings is 1. The van der Waals surface area contributed by atoms with E-state index in [-0.39, 0.29) is 37.1 Å². The number of aliphatic hydroxyl groups is 3. The first-order chi connectivity index (χ1) is 17.9. The quantitative estimate of drug-likeness (QED) is 0.352. The predicted molar refractivity (Wildman–Crippen MR) is 130 cm³/mol. The Bertz CT molecular complexity index is 1360. The third kappa shape index (κ3) is 3.62. The molecule has 202 valence electrons. The molecular weight excluding hydrogens is 501 g/mol. The number of phenolic OH excluding ortho intramolecular Hbond substituents is 1. The van der Waals surface area contributed by atoms with Gasteiger partial charge in [-0.2, -0.15) is 0 Å². The van der Waals surface area contributed by atoms with Gasteiger partial charge in [0.25, 0.3) is 5.91 Å². The Morgan fingerprint density at radius 3 is 2.47 bits per heavy atom. The number of likely N-dealkylation sites (tertiary alicyclic amines) is 1. The van der Waals surface area contributed by atoms with Gasteiger partial charge in [0.1, 0.15) is 22.9 Å². The van der Waals surface area contributed by atoms with Crippen LogP contribution in [0.5, 0.6) is 5.75 Å². The molecule has 5 rings (SSSR count). The van der Waals surface area contributed by atoms with Crippen molar-refractivity contribution in [1.29, 1.82) is 0 Å². The van der Waals surface area contributed by atoms with Crippen LogP contribution in [-0.2, 0) is 20.8 Å². The lowest BCUT2D eigenvalue weighted by molar-refractivity contribution is -0.144. The first-order valence-corrected chi connectivity index (χ1v) is 12.4. The van der Waals surface area contributed by atoms with Crippen LogP contribution in [0.3, 0.4) is 0 Å². The number of nitrogens with two attached hydrogens (primary N) is 1. The van der Waals surface area contributed by atoms with E-state index < -0.39 is 80.6 Å². The van der Waals surface area contributed by atoms with Crippen LogP contribution in [-0.4, -0.2) is 81.0 Å². The molecule has 3 atom stereocenters. The number of likely N-dealkylation sites (N-methyl/N-ethyl adjacent to an activating group) is 1. The Labute approximate surface area is 216 Å². The number of Topliss-reactive ketones (excluding diaryl/α,β-unsaturated/α-hetero) is 2. The van der Waals surface area contributed by atoms with Crippen LogP contribution in [0.2, 0.25) is 0 Å². The van der Waals surface area contributed by atoms with Gasteiger partial charge in [0.15, 0.2) is 17.1 Å². The average Bonchev–Trinajstić information content (AvgIpc) is 3.35. The van der Waals surface area contributed by atoms with Crippen molar-refractivity contribution in [1.82, 2.24) is 4.90 Å². The molecule has 0 radical (unpaired) electrons. The zero-order valence-electron chi connectivity index (χ0n) is 20.7. The van der Waals surface area contributed by atoms with Gasteiger partial charge in [-0.05, 0) is 44.7 Å². The van der Waals surface area contributed by atoms with Crippen molar-refractivity contribution in [2.45, 2.75) is 37.7 Å². The molecule has 6 N–H and O–H groups in total. The van der Waals surface area contributed by atoms with Crippen LogP contribution in [0, 0.1) is 17.7 Å². The Hall–Kier alpha value is -3.77. The molecule has 0 spiro atoms. The maximum atomic E-state index is 15.3. The summed E-state index contributed by atoms with van der Waals surface area (Å²) in [7, 11) is 1.35. The second-order valence-corrected chi connectivity index (χ2v) is 10.4. The summed E-state index contributed by atoms with van der Waals surface area (Å²) in [6.45, 7) is 1.53. The number of carbonyl (C=O) groups is 4. The SMILES string of the molecule is CN(C(=O)CN1CCCC1)c1cc(F)c2c(c1O)C(=O)C1=C(O)[C@]3(O)C(=O)C(C(N)=O)=C(O)C[C@@H]3CC1C2. The number of anilines is 1. The van der Waals surface area contributed by atoms with E-state index in [0.29, 0.717) is 0 Å². The number of primary amides is 1. The highest BCUT2D eigenvalue weighted by atomic mass is 19.1. The average molecular weight is 530 g/mol. The fourth-order valence-corrected chi connectivity index (χ4v) is 6.26. The number of aliphatic hydroxyl groups excluding tert-OH is 2. The predicted octanol–water partition coefficient (Wildman–Crippen LogP) is 0.778. The summed E-state index contributed by atoms with van der Waals surface area (Å²) in [5.41, 5.74) is 0.392. The van der Waals surface area contributed by atoms with Gasteiger partial charge < -0.3 is 31.1 Å². The van der Waals surface area contributed by atoms with Crippen molar-refractivity contribution in [2.75, 3.05) is 31.6 Å². The molecule has 0 aromatic heterocycles. The number of halogens is 1. The molecule has 1 aliphatic heterocycles. The standard InChI is InChI=1S/C26H28FN3O8/c1-29(17(32)10-30-4-2-3-5-30)15-9-14(27)13-7-11-6-12-8-16(31)20(25(28)37)24(36)26(12,38)23(35)18(11)22(34)19(13)21(15)33/h9,11-12,31,33,35,38H,2-8,10H2,1H3,(H2,28,37)/t11?,12-,26-/m0/s1. The summed E-state index contributed by atoms with van der Waals surface area (Å²) in [5.74, 6) is -9.16. The second-order valence-electron chi connectivity index (χ2n) is 10.4. The number of rotatable bonds is 4. The molecule has 1 unspecified atom stereocenters. The fourth-order valence-electron chi connectivity index (χ4n) is 6.26. The number of carbonyl (C=O) groups excluding carboxylic acids is 4. The number of aromatic hydroxyl groups is 1. The van der Waals surface area contributed by atoms with Crippen molar-refractivity contribution in [3.63, 3.8) is 0 Å². The normalized spacial score (nSPS) is 27.2. The van der Waals surface area contributed by atoms with Gasteiger partial charge in [-0.3, -0.25) is 24.1 Å². The van der Waals surface area contributed by atoms with Crippen molar-refractivity contribution in [2.24, 2.45) is 17.6 Å². The summed E-state index contributed by atoms with van der Waals surface area (Å²) < 4.78 is 15.3. The number of fused-ring (bicyclic) bond motifs is 3. The zero-order chi connectivity index (χ0) is 27.7. The monoisotopic (exact) mass is 529 g/mol. The molecule has 1 aromatic carbocycles. The van der Waals surface area contributed by atoms with E-state index in [0.717, 1.165) is 36.9 Å². The van der Waals surface area contributed by atoms with Crippen LogP contribution < -0.4 is 10.6 Å². The number of phenols is 1. The van der Waals surface area contributed by atoms with E-state index in [4.69, 9.17) is 5.73 Å². The summed E-state index contributed by atoms with van der Waals surface area (Å²) in [5, 5.41) is 43.6. The van der Waals surface area contributed by atoms with Gasteiger partial charge in [-0.1, -0.05) is 0 Å². The molecular formula is C26H28FN3O8. The molecule has 1 fully saturated rings. The number of nitrogens with zero attached hydrogens (tertiary/aromatic N) is 2. The van der Waals surface area contributed by atoms with Crippen LogP contribution in [0.1, 0.15) is 41.6 Å². The van der Waals surface area contributed by atoms with Gasteiger partial charge in [0.05, 0.1) is 17.8 Å². The minimum Gasteiger partial charge on any atom is -0.511 e. The van der Waals surface area contributed by atoms with Gasteiger partial charge in [-0.15, -0.1) is 0 Å². The highest BCUT2D eigenvalue weighted by molar-refractivity contribution is 6.24. The molecule has 3 aliphatic carbocycles. The van der Waals surface area contributed by atoms with E-state index in [1.54, 1.807) is 0 Å². The number of hydrogen-bond acceptors (Lipinski definition) is 9. The summed E-state index contributed by atoms with van der Waals surface area (Å²) >= 11 is 0. The minimum absolute atomic E-state index is 0.0513. The summed E-state index contributed by atoms with van der Waals surface area (Å²) in [6, 6.07) is 0.981. The largest absolute Gasteiger partial charge is 0.511 e. The Morgan fingerprint density at radius 2 is 1.84 bits per heavy atom. The third-order valence-corrected chi connectivity index (χ3v) is 8.28. The first kappa shape index (κ1) is 25.9. The molecule has 0 saturated carbocycles. The molecule has 11 nitrogen and oxygen atoms in total. The molecule has 2 amide bonds. The van der Waals surface area contributed by atoms with Crippen molar-refractivity contribution >= 4 is 29.1 Å². The smallest absolute Gasteiger partial charge is 0.255 e. The van der Waals surface area contributed by atoms with Crippen LogP contribution in [0.15, 0.2) is 28.7 Å². The highest BCUT2D eigenvalue weighted by Crippen LogP contribution is 2.52. The zero-order valence-corrected chi connectivity index (χ0v) is 20.7. The molecule has 4 aliphatic rings. The van der Waals surface area contributed by atoms with E-state index in [1.165, 1.54) is 7.05 Å². The van der Waals surface area contributed by atoms with Gasteiger partial charge in [-0.25, -0.2) is 4.39 Å². The van der Waals surface area contributed by atoms with Gasteiger partial charge >= 0.3 is 0 Å². The highest BCUT2D eigenvalue weighted by Gasteiger charge is 2.59. The lowest BCUT2D eigenvalue weighted by Crippen LogP contribution is -2.57. The topological polar surface area (TPSA) is 182 Å². The summed E-state index contributed by atoms with van der Waals surface area (Å²) in [6.07, 6.45) is 1.29. The number of ketones is 2. The summed E-state index contributed by atoms with van der Waals surface area (Å²) in [4.78, 5) is 54.2. The Kier molecular flexibility index (Phi) is 6.07. The molecule has 1 aromatic rings. The number of hydrogen-bond donors (Lipinski definition) is 5. The number of allylic oxidation sites excluding steroid dienone is 2. The van der Waals surface area contributed by atoms with E-state index >= 15 is 4.39 Å². The van der Waals surface area contributed by atoms with Crippen LogP contribution >= 0.6 is 0 Å². The second kappa shape index (κ2) is 8.91. The molecule has 38 heavy (non-hydrogen) atoms. The van der Waals surface area contributed by atoms with Crippen LogP contribution in [0.25, 0.3) is 0 Å². The Morgan fingerprint density at radius 1 is 1.18 bits per heavy atom. The first-order valence-electron chi connectivity index (χ1n) is 12.4. The van der Waals surface area contributed by atoms with Crippen molar-refractivity contribution in [3.8, 4) is 5.75 Å². The van der Waals surface area contributed by atoms with Crippen molar-refractivity contribution in [3.05, 3.63) is 45.7 Å². The van der Waals surface area contributed by atoms with Crippen molar-refractivity contribution < 1.29 is 44.0 Å². The van der Waals surface area contributed by atoms with Gasteiger partial charge in [0.2, 0.25) is 11.7 Å². The lowest BCUT2D eigenvalue weighted by atomic mass is 9.60. The number of amides is 2. The lowest BCUT2D eigenvalue weighted by Gasteiger charge is -2.45. The minimum atomic E-state index is -2.70. The molecule has 1 saturated heterocycles. The van der Waals surface area contributed by atoms with E-state index in [9.17, 15) is 39.6 Å². The van der Waals surface area contributed by atoms with E-state index in [2.05, 4.69) is 0 Å². The maximum Gasteiger partial charge on any atom is 0.255 e. The Balaban J connectivity index is 1.57. The van der Waals surface area contributed by atoms with Gasteiger partial charge in [0, 0.05) is 36.6 Å². The van der Waals surface area contributed by atoms with E-state index in [1.807, 2.05) is 4.90 Å².